The fourth-order valence-electron chi connectivity index (χ4n) is 1.64. The Morgan fingerprint density at radius 3 is 1.83 bits per heavy atom. The molecule has 2 N–H and O–H groups in total. The van der Waals surface area contributed by atoms with E-state index in [1.807, 2.05) is 60.7 Å². The molecule has 0 bridgehead atoms. The fourth-order valence-corrected chi connectivity index (χ4v) is 2.02. The lowest BCUT2D eigenvalue weighted by molar-refractivity contribution is 1.32. The van der Waals surface area contributed by atoms with Crippen LogP contribution in [0.3, 0.4) is 0 Å². The summed E-state index contributed by atoms with van der Waals surface area (Å²) < 4.78 is 0.141. The molecule has 18 heavy (non-hydrogen) atoms. The van der Waals surface area contributed by atoms with Gasteiger partial charge in [0.25, 0.3) is 0 Å². The summed E-state index contributed by atoms with van der Waals surface area (Å²) >= 11 is 3.14. The molecule has 2 rings (SSSR count). The lowest BCUT2D eigenvalue weighted by Gasteiger charge is -2.22. The van der Waals surface area contributed by atoms with Gasteiger partial charge in [-0.2, -0.15) is 0 Å². The zero-order valence-electron chi connectivity index (χ0n) is 9.60. The minimum absolute atomic E-state index is 0.141. The molecule has 0 saturated heterocycles. The van der Waals surface area contributed by atoms with Crippen molar-refractivity contribution in [2.75, 3.05) is 4.90 Å². The van der Waals surface area contributed by atoms with Crippen LogP contribution in [0.15, 0.2) is 60.7 Å². The lowest BCUT2D eigenvalue weighted by atomic mass is 10.2. The molecule has 90 valence electrons. The first-order valence-electron chi connectivity index (χ1n) is 5.43. The summed E-state index contributed by atoms with van der Waals surface area (Å²) in [6.45, 7) is 0. The molecule has 0 unspecified atom stereocenters. The molecule has 0 aromatic heterocycles. The Labute approximate surface area is 114 Å². The van der Waals surface area contributed by atoms with Gasteiger partial charge in [0.2, 0.25) is 0 Å². The fraction of sp³-hybridized carbons (Fsp3) is 0. The first-order valence-corrected chi connectivity index (χ1v) is 6.22. The Morgan fingerprint density at radius 2 is 1.33 bits per heavy atom. The Bertz CT molecular complexity index is 552. The van der Waals surface area contributed by atoms with Gasteiger partial charge in [-0.3, -0.25) is 15.7 Å². The summed E-state index contributed by atoms with van der Waals surface area (Å²) in [7, 11) is 0. The molecule has 3 nitrogen and oxygen atoms in total. The Kier molecular flexibility index (Phi) is 3.89. The van der Waals surface area contributed by atoms with E-state index in [0.717, 1.165) is 11.3 Å². The van der Waals surface area contributed by atoms with Crippen molar-refractivity contribution in [2.45, 2.75) is 0 Å². The van der Waals surface area contributed by atoms with E-state index in [0.29, 0.717) is 0 Å². The monoisotopic (exact) mass is 301 g/mol. The van der Waals surface area contributed by atoms with Crippen molar-refractivity contribution >= 4 is 32.2 Å². The number of hydrogen-bond acceptors (Lipinski definition) is 2. The number of halogens is 1. The third kappa shape index (κ3) is 2.65. The Hall–Kier alpha value is -1.94. The van der Waals surface area contributed by atoms with E-state index in [9.17, 15) is 0 Å². The highest BCUT2D eigenvalue weighted by Gasteiger charge is 2.16. The standard InChI is InChI=1S/C14H12BrN3/c15-14(17)18(12-9-5-2-6-10-12)13(16)11-7-3-1-4-8-11/h1-10,16-17H. The van der Waals surface area contributed by atoms with Gasteiger partial charge in [0.05, 0.1) is 0 Å². The second-order valence-electron chi connectivity index (χ2n) is 3.68. The second-order valence-corrected chi connectivity index (χ2v) is 4.43. The van der Waals surface area contributed by atoms with Gasteiger partial charge in [-0.15, -0.1) is 0 Å². The van der Waals surface area contributed by atoms with Crippen LogP contribution >= 0.6 is 15.9 Å². The normalized spacial score (nSPS) is 9.83. The first kappa shape index (κ1) is 12.5. The van der Waals surface area contributed by atoms with E-state index in [1.165, 1.54) is 4.90 Å². The highest BCUT2D eigenvalue weighted by molar-refractivity contribution is 9.18. The zero-order chi connectivity index (χ0) is 13.0. The molecule has 0 aliphatic heterocycles. The summed E-state index contributed by atoms with van der Waals surface area (Å²) in [5.41, 5.74) is 1.55. The van der Waals surface area contributed by atoms with Crippen molar-refractivity contribution in [3.05, 3.63) is 66.2 Å². The van der Waals surface area contributed by atoms with Gasteiger partial charge in [-0.1, -0.05) is 48.5 Å². The summed E-state index contributed by atoms with van der Waals surface area (Å²) in [5.74, 6) is 0.267. The topological polar surface area (TPSA) is 50.9 Å². The number of para-hydroxylation sites is 1. The third-order valence-corrected chi connectivity index (χ3v) is 2.84. The van der Waals surface area contributed by atoms with Crippen molar-refractivity contribution in [2.24, 2.45) is 0 Å². The zero-order valence-corrected chi connectivity index (χ0v) is 11.2. The summed E-state index contributed by atoms with van der Waals surface area (Å²) in [5, 5.41) is 16.0. The number of nitrogens with one attached hydrogen (secondary N) is 2. The minimum atomic E-state index is 0.141. The molecular weight excluding hydrogens is 290 g/mol. The van der Waals surface area contributed by atoms with Crippen LogP contribution < -0.4 is 4.90 Å². The van der Waals surface area contributed by atoms with Crippen molar-refractivity contribution in [1.82, 2.24) is 0 Å². The third-order valence-electron chi connectivity index (χ3n) is 2.48. The van der Waals surface area contributed by atoms with Crippen LogP contribution in [0.25, 0.3) is 0 Å². The highest BCUT2D eigenvalue weighted by atomic mass is 79.9. The average Bonchev–Trinajstić information content (AvgIpc) is 2.40. The molecule has 0 aliphatic carbocycles. The summed E-state index contributed by atoms with van der Waals surface area (Å²) in [6.07, 6.45) is 0. The molecule has 0 atom stereocenters. The Morgan fingerprint density at radius 1 is 0.833 bits per heavy atom. The van der Waals surface area contributed by atoms with E-state index >= 15 is 0 Å². The molecule has 2 aromatic carbocycles. The number of amidine groups is 2. The second kappa shape index (κ2) is 5.60. The van der Waals surface area contributed by atoms with Gasteiger partial charge < -0.3 is 0 Å². The van der Waals surface area contributed by atoms with Gasteiger partial charge >= 0.3 is 0 Å². The summed E-state index contributed by atoms with van der Waals surface area (Å²) in [4.78, 5) is 1.54. The van der Waals surface area contributed by atoms with E-state index in [-0.39, 0.29) is 10.6 Å². The number of hydrogen-bond donors (Lipinski definition) is 2. The number of benzene rings is 2. The lowest BCUT2D eigenvalue weighted by Crippen LogP contribution is -2.33. The number of nitrogens with zero attached hydrogens (tertiary/aromatic N) is 1. The molecule has 2 aromatic rings. The molecule has 0 amide bonds. The van der Waals surface area contributed by atoms with E-state index in [4.69, 9.17) is 10.8 Å². The van der Waals surface area contributed by atoms with Crippen LogP contribution in [0.2, 0.25) is 0 Å². The van der Waals surface area contributed by atoms with Crippen LogP contribution in [0.4, 0.5) is 5.69 Å². The maximum absolute atomic E-state index is 8.21. The maximum atomic E-state index is 8.21. The van der Waals surface area contributed by atoms with E-state index < -0.39 is 0 Å². The van der Waals surface area contributed by atoms with E-state index in [1.54, 1.807) is 0 Å². The first-order chi connectivity index (χ1) is 8.70. The van der Waals surface area contributed by atoms with Crippen molar-refractivity contribution in [3.63, 3.8) is 0 Å². The molecule has 0 radical (unpaired) electrons. The van der Waals surface area contributed by atoms with Crippen LogP contribution in [0.5, 0.6) is 0 Å². The van der Waals surface area contributed by atoms with Crippen molar-refractivity contribution < 1.29 is 0 Å². The Balaban J connectivity index is 2.39. The van der Waals surface area contributed by atoms with Crippen molar-refractivity contribution in [1.29, 1.82) is 10.8 Å². The van der Waals surface area contributed by atoms with Crippen LogP contribution in [-0.4, -0.2) is 10.6 Å². The molecule has 0 spiro atoms. The number of rotatable bonds is 2. The minimum Gasteiger partial charge on any atom is -0.283 e. The molecule has 4 heteroatoms. The molecular formula is C14H12BrN3. The number of anilines is 1. The quantitative estimate of drug-likeness (QED) is 0.494. The largest absolute Gasteiger partial charge is 0.283 e. The van der Waals surface area contributed by atoms with Crippen LogP contribution in [0.1, 0.15) is 5.56 Å². The smallest absolute Gasteiger partial charge is 0.175 e. The maximum Gasteiger partial charge on any atom is 0.175 e. The predicted molar refractivity (Wildman–Crippen MR) is 78.8 cm³/mol. The average molecular weight is 302 g/mol. The SMILES string of the molecule is N=C(Br)N(C(=N)c1ccccc1)c1ccccc1. The summed E-state index contributed by atoms with van der Waals surface area (Å²) in [6, 6.07) is 18.8. The molecule has 0 fully saturated rings. The van der Waals surface area contributed by atoms with Crippen LogP contribution in [0, 0.1) is 10.8 Å². The van der Waals surface area contributed by atoms with Gasteiger partial charge in [-0.05, 0) is 28.1 Å². The van der Waals surface area contributed by atoms with Gasteiger partial charge in [0.15, 0.2) is 4.74 Å². The van der Waals surface area contributed by atoms with Crippen LogP contribution in [-0.2, 0) is 0 Å². The van der Waals surface area contributed by atoms with Gasteiger partial charge in [0, 0.05) is 11.3 Å². The molecule has 0 aliphatic rings. The van der Waals surface area contributed by atoms with Gasteiger partial charge in [-0.25, -0.2) is 0 Å². The van der Waals surface area contributed by atoms with Crippen molar-refractivity contribution in [3.8, 4) is 0 Å². The molecule has 0 saturated carbocycles. The van der Waals surface area contributed by atoms with E-state index in [2.05, 4.69) is 15.9 Å². The van der Waals surface area contributed by atoms with Gasteiger partial charge in [0.1, 0.15) is 5.84 Å². The molecule has 0 heterocycles. The predicted octanol–water partition coefficient (Wildman–Crippen LogP) is 3.85. The highest BCUT2D eigenvalue weighted by Crippen LogP contribution is 2.18.